The van der Waals surface area contributed by atoms with E-state index in [0.29, 0.717) is 18.6 Å². The van der Waals surface area contributed by atoms with Gasteiger partial charge in [0.25, 0.3) is 0 Å². The van der Waals surface area contributed by atoms with Gasteiger partial charge in [0.2, 0.25) is 0 Å². The van der Waals surface area contributed by atoms with E-state index in [1.54, 1.807) is 0 Å². The van der Waals surface area contributed by atoms with E-state index in [1.807, 2.05) is 17.9 Å². The lowest BCUT2D eigenvalue weighted by atomic mass is 10.1. The van der Waals surface area contributed by atoms with E-state index in [1.165, 1.54) is 24.8 Å². The van der Waals surface area contributed by atoms with Gasteiger partial charge in [0.1, 0.15) is 0 Å². The van der Waals surface area contributed by atoms with Gasteiger partial charge in [-0.2, -0.15) is 5.10 Å². The van der Waals surface area contributed by atoms with Gasteiger partial charge in [-0.15, -0.1) is 0 Å². The number of aromatic nitrogens is 2. The molecule has 2 atom stereocenters. The van der Waals surface area contributed by atoms with E-state index in [0.717, 1.165) is 13.0 Å². The molecule has 1 aromatic rings. The molecule has 1 aliphatic rings. The molecule has 0 aromatic carbocycles. The number of hydrogen-bond acceptors (Lipinski definition) is 3. The van der Waals surface area contributed by atoms with Crippen LogP contribution in [0.1, 0.15) is 24.8 Å². The molecule has 0 spiro atoms. The van der Waals surface area contributed by atoms with Crippen LogP contribution in [0.15, 0.2) is 12.4 Å². The van der Waals surface area contributed by atoms with Crippen molar-refractivity contribution >= 4 is 0 Å². The van der Waals surface area contributed by atoms with Gasteiger partial charge in [-0.25, -0.2) is 0 Å². The normalized spacial score (nSPS) is 25.1. The van der Waals surface area contributed by atoms with Crippen LogP contribution in [0.4, 0.5) is 0 Å². The van der Waals surface area contributed by atoms with Crippen LogP contribution in [0.25, 0.3) is 0 Å². The van der Waals surface area contributed by atoms with Crippen LogP contribution in [-0.2, 0) is 13.5 Å². The summed E-state index contributed by atoms with van der Waals surface area (Å²) in [6.07, 6.45) is 8.61. The second-order valence-electron chi connectivity index (χ2n) is 4.71. The van der Waals surface area contributed by atoms with E-state index in [9.17, 15) is 5.11 Å². The van der Waals surface area contributed by atoms with Crippen molar-refractivity contribution in [1.82, 2.24) is 15.1 Å². The van der Waals surface area contributed by atoms with Crippen molar-refractivity contribution in [3.05, 3.63) is 18.0 Å². The Morgan fingerprint density at radius 2 is 2.44 bits per heavy atom. The average Bonchev–Trinajstić information content (AvgIpc) is 2.87. The predicted molar refractivity (Wildman–Crippen MR) is 63.1 cm³/mol. The maximum Gasteiger partial charge on any atom is 0.0522 e. The monoisotopic (exact) mass is 223 g/mol. The summed E-state index contributed by atoms with van der Waals surface area (Å²) in [5.74, 6) is 0.467. The highest BCUT2D eigenvalue weighted by atomic mass is 16.3. The molecule has 90 valence electrons. The molecule has 0 saturated heterocycles. The fraction of sp³-hybridized carbons (Fsp3) is 0.750. The van der Waals surface area contributed by atoms with E-state index in [4.69, 9.17) is 0 Å². The minimum absolute atomic E-state index is 0.324. The van der Waals surface area contributed by atoms with Crippen molar-refractivity contribution in [1.29, 1.82) is 0 Å². The van der Waals surface area contributed by atoms with Crippen molar-refractivity contribution in [2.45, 2.75) is 31.7 Å². The van der Waals surface area contributed by atoms with Gasteiger partial charge in [-0.05, 0) is 37.3 Å². The lowest BCUT2D eigenvalue weighted by molar-refractivity contribution is 0.206. The van der Waals surface area contributed by atoms with Crippen LogP contribution in [0, 0.1) is 5.92 Å². The van der Waals surface area contributed by atoms with Crippen LogP contribution in [0.3, 0.4) is 0 Å². The highest BCUT2D eigenvalue weighted by molar-refractivity contribution is 5.04. The third-order valence-electron chi connectivity index (χ3n) is 3.47. The van der Waals surface area contributed by atoms with Crippen molar-refractivity contribution in [3.63, 3.8) is 0 Å². The summed E-state index contributed by atoms with van der Waals surface area (Å²) in [5.41, 5.74) is 1.27. The Labute approximate surface area is 96.7 Å². The Morgan fingerprint density at radius 3 is 3.12 bits per heavy atom. The molecular formula is C12H21N3O. The molecule has 1 saturated carbocycles. The number of aliphatic hydroxyl groups excluding tert-OH is 1. The number of aliphatic hydroxyl groups is 1. The highest BCUT2D eigenvalue weighted by Gasteiger charge is 2.25. The maximum absolute atomic E-state index is 9.20. The Morgan fingerprint density at radius 1 is 1.56 bits per heavy atom. The van der Waals surface area contributed by atoms with Crippen LogP contribution in [-0.4, -0.2) is 34.1 Å². The topological polar surface area (TPSA) is 50.1 Å². The molecule has 4 nitrogen and oxygen atoms in total. The van der Waals surface area contributed by atoms with Gasteiger partial charge in [0, 0.05) is 25.9 Å². The first kappa shape index (κ1) is 11.6. The summed E-state index contributed by atoms with van der Waals surface area (Å²) in [5, 5.41) is 16.9. The molecule has 4 heteroatoms. The van der Waals surface area contributed by atoms with E-state index in [-0.39, 0.29) is 0 Å². The van der Waals surface area contributed by atoms with Gasteiger partial charge in [-0.3, -0.25) is 4.68 Å². The molecule has 1 aromatic heterocycles. The summed E-state index contributed by atoms with van der Waals surface area (Å²) < 4.78 is 1.83. The zero-order chi connectivity index (χ0) is 11.4. The molecule has 0 radical (unpaired) electrons. The van der Waals surface area contributed by atoms with E-state index >= 15 is 0 Å². The molecule has 0 aliphatic heterocycles. The Kier molecular flexibility index (Phi) is 3.96. The van der Waals surface area contributed by atoms with Crippen molar-refractivity contribution in [3.8, 4) is 0 Å². The first-order valence-corrected chi connectivity index (χ1v) is 6.11. The van der Waals surface area contributed by atoms with Crippen LogP contribution in [0.2, 0.25) is 0 Å². The lowest BCUT2D eigenvalue weighted by Gasteiger charge is -2.18. The van der Waals surface area contributed by atoms with Crippen LogP contribution < -0.4 is 5.32 Å². The molecule has 2 N–H and O–H groups in total. The smallest absolute Gasteiger partial charge is 0.0522 e. The summed E-state index contributed by atoms with van der Waals surface area (Å²) in [7, 11) is 1.94. The first-order valence-electron chi connectivity index (χ1n) is 6.11. The average molecular weight is 223 g/mol. The molecule has 2 rings (SSSR count). The second kappa shape index (κ2) is 5.46. The first-order chi connectivity index (χ1) is 7.79. The third-order valence-corrected chi connectivity index (χ3v) is 3.47. The van der Waals surface area contributed by atoms with Crippen molar-refractivity contribution < 1.29 is 5.11 Å². The van der Waals surface area contributed by atoms with Gasteiger partial charge in [0.05, 0.1) is 6.20 Å². The molecule has 16 heavy (non-hydrogen) atoms. The Balaban J connectivity index is 1.71. The second-order valence-corrected chi connectivity index (χ2v) is 4.71. The van der Waals surface area contributed by atoms with Crippen LogP contribution >= 0.6 is 0 Å². The molecule has 0 amide bonds. The minimum atomic E-state index is 0.324. The Bertz CT molecular complexity index is 324. The Hall–Kier alpha value is -0.870. The van der Waals surface area contributed by atoms with Gasteiger partial charge >= 0.3 is 0 Å². The molecule has 0 bridgehead atoms. The van der Waals surface area contributed by atoms with Crippen LogP contribution in [0.5, 0.6) is 0 Å². The zero-order valence-corrected chi connectivity index (χ0v) is 9.89. The number of rotatable bonds is 5. The molecule has 1 aliphatic carbocycles. The number of aryl methyl sites for hydroxylation is 1. The largest absolute Gasteiger partial charge is 0.396 e. The lowest BCUT2D eigenvalue weighted by Crippen LogP contribution is -2.35. The predicted octanol–water partition coefficient (Wildman–Crippen LogP) is 0.713. The SMILES string of the molecule is Cn1cc(CCNC2CCCC2CO)cn1. The number of nitrogens with zero attached hydrogens (tertiary/aromatic N) is 2. The third kappa shape index (κ3) is 2.83. The zero-order valence-electron chi connectivity index (χ0n) is 9.89. The summed E-state index contributed by atoms with van der Waals surface area (Å²) in [6.45, 7) is 1.30. The number of hydrogen-bond donors (Lipinski definition) is 2. The number of nitrogens with one attached hydrogen (secondary N) is 1. The highest BCUT2D eigenvalue weighted by Crippen LogP contribution is 2.24. The molecular weight excluding hydrogens is 202 g/mol. The fourth-order valence-electron chi connectivity index (χ4n) is 2.53. The van der Waals surface area contributed by atoms with Gasteiger partial charge in [-0.1, -0.05) is 6.42 Å². The summed E-state index contributed by atoms with van der Waals surface area (Å²) >= 11 is 0. The van der Waals surface area contributed by atoms with E-state index < -0.39 is 0 Å². The summed E-state index contributed by atoms with van der Waals surface area (Å²) in [6, 6.07) is 0.515. The van der Waals surface area contributed by atoms with Crippen molar-refractivity contribution in [2.24, 2.45) is 13.0 Å². The quantitative estimate of drug-likeness (QED) is 0.773. The fourth-order valence-corrected chi connectivity index (χ4v) is 2.53. The molecule has 2 unspecified atom stereocenters. The van der Waals surface area contributed by atoms with Crippen molar-refractivity contribution in [2.75, 3.05) is 13.2 Å². The standard InChI is InChI=1S/C12H21N3O/c1-15-8-10(7-14-15)5-6-13-12-4-2-3-11(12)9-16/h7-8,11-13,16H,2-6,9H2,1H3. The maximum atomic E-state index is 9.20. The van der Waals surface area contributed by atoms with Gasteiger partial charge in [0.15, 0.2) is 0 Å². The minimum Gasteiger partial charge on any atom is -0.396 e. The molecule has 1 fully saturated rings. The van der Waals surface area contributed by atoms with E-state index in [2.05, 4.69) is 16.6 Å². The molecule has 1 heterocycles. The van der Waals surface area contributed by atoms with Gasteiger partial charge < -0.3 is 10.4 Å². The summed E-state index contributed by atoms with van der Waals surface area (Å²) in [4.78, 5) is 0.